The smallest absolute Gasteiger partial charge is 0.271 e. The van der Waals surface area contributed by atoms with Crippen LogP contribution in [0.15, 0.2) is 30.3 Å². The van der Waals surface area contributed by atoms with E-state index in [9.17, 15) is 4.79 Å². The molecule has 0 atom stereocenters. The van der Waals surface area contributed by atoms with Gasteiger partial charge in [0, 0.05) is 11.6 Å². The minimum absolute atomic E-state index is 0.00485. The van der Waals surface area contributed by atoms with Crippen molar-refractivity contribution >= 4 is 42.2 Å². The summed E-state index contributed by atoms with van der Waals surface area (Å²) >= 11 is 5.97. The van der Waals surface area contributed by atoms with Crippen molar-refractivity contribution < 1.29 is 9.53 Å². The number of halogens is 1. The van der Waals surface area contributed by atoms with Gasteiger partial charge in [0.1, 0.15) is 0 Å². The Labute approximate surface area is 180 Å². The van der Waals surface area contributed by atoms with Gasteiger partial charge >= 0.3 is 0 Å². The van der Waals surface area contributed by atoms with Crippen molar-refractivity contribution in [3.05, 3.63) is 41.2 Å². The fraction of sp³-hybridized carbons (Fsp3) is 0.300. The molecule has 1 aliphatic rings. The number of benzene rings is 1. The van der Waals surface area contributed by atoms with Crippen LogP contribution in [0.4, 0.5) is 11.4 Å². The van der Waals surface area contributed by atoms with Gasteiger partial charge in [0.25, 0.3) is 5.91 Å². The Morgan fingerprint density at radius 1 is 1.27 bits per heavy atom. The van der Waals surface area contributed by atoms with E-state index < -0.39 is 5.91 Å². The van der Waals surface area contributed by atoms with Gasteiger partial charge in [-0.2, -0.15) is 5.10 Å². The first-order valence-corrected chi connectivity index (χ1v) is 12.0. The third kappa shape index (κ3) is 3.98. The van der Waals surface area contributed by atoms with Crippen LogP contribution in [0, 0.1) is 0 Å². The summed E-state index contributed by atoms with van der Waals surface area (Å²) in [7, 11) is 1.31. The van der Waals surface area contributed by atoms with E-state index in [0.717, 1.165) is 11.3 Å². The van der Waals surface area contributed by atoms with Crippen LogP contribution in [0.5, 0.6) is 5.75 Å². The lowest BCUT2D eigenvalue weighted by atomic mass is 10.1. The number of rotatable bonds is 7. The van der Waals surface area contributed by atoms with Crippen molar-refractivity contribution in [1.29, 1.82) is 0 Å². The number of aromatic nitrogens is 4. The Hall–Kier alpha value is -2.70. The minimum atomic E-state index is -0.705. The molecule has 2 aromatic heterocycles. The molecule has 1 aliphatic carbocycles. The first-order chi connectivity index (χ1) is 14.4. The van der Waals surface area contributed by atoms with Gasteiger partial charge in [-0.3, -0.25) is 9.48 Å². The van der Waals surface area contributed by atoms with Crippen molar-refractivity contribution in [2.75, 3.05) is 25.8 Å². The lowest BCUT2D eigenvalue weighted by Gasteiger charge is -2.15. The van der Waals surface area contributed by atoms with Gasteiger partial charge in [-0.25, -0.2) is 0 Å². The fourth-order valence-corrected chi connectivity index (χ4v) is 4.43. The normalized spacial score (nSPS) is 13.5. The molecule has 0 unspecified atom stereocenters. The zero-order chi connectivity index (χ0) is 21.4. The second-order valence-electron chi connectivity index (χ2n) is 7.26. The van der Waals surface area contributed by atoms with Crippen molar-refractivity contribution in [3.63, 3.8) is 0 Å². The third-order valence-electron chi connectivity index (χ3n) is 4.83. The van der Waals surface area contributed by atoms with Crippen molar-refractivity contribution in [2.45, 2.75) is 18.9 Å². The number of ether oxygens (including phenoxy) is 1. The van der Waals surface area contributed by atoms with E-state index in [1.54, 1.807) is 7.11 Å². The highest BCUT2D eigenvalue weighted by atomic mass is 35.5. The first-order valence-electron chi connectivity index (χ1n) is 9.43. The molecule has 10 heteroatoms. The first kappa shape index (κ1) is 20.6. The van der Waals surface area contributed by atoms with Gasteiger partial charge in [0.15, 0.2) is 16.6 Å². The summed E-state index contributed by atoms with van der Waals surface area (Å²) in [6.45, 7) is 4.46. The molecule has 1 fully saturated rings. The number of hydrogen-bond acceptors (Lipinski definition) is 6. The number of methoxy groups -OCH3 is 1. The Bertz CT molecular complexity index is 1090. The number of nitrogens with zero attached hydrogens (tertiary/aromatic N) is 4. The van der Waals surface area contributed by atoms with Gasteiger partial charge in [0.2, 0.25) is 0 Å². The zero-order valence-electron chi connectivity index (χ0n) is 16.9. The van der Waals surface area contributed by atoms with Gasteiger partial charge in [-0.15, -0.1) is 10.2 Å². The maximum absolute atomic E-state index is 11.7. The summed E-state index contributed by atoms with van der Waals surface area (Å²) in [6.07, 6.45) is 2.34. The minimum Gasteiger partial charge on any atom is -0.494 e. The van der Waals surface area contributed by atoms with Crippen LogP contribution in [-0.2, 0) is 0 Å². The molecule has 4 rings (SSSR count). The standard InChI is InChI=1S/C20H22ClN6O2P/c1-29-19-12(14-10-17(30(2)3)27(26-14)11-7-8-11)5-4-6-13(19)23-15-9-16(21)24-25-18(15)20(22)28/h4-6,9-11H,7-8H2,1-3H3,(H2,22,28)(H,23,24). The van der Waals surface area contributed by atoms with E-state index in [1.165, 1.54) is 24.3 Å². The molecule has 1 saturated carbocycles. The van der Waals surface area contributed by atoms with Crippen molar-refractivity contribution in [2.24, 2.45) is 5.73 Å². The fourth-order valence-electron chi connectivity index (χ4n) is 3.29. The number of nitrogens with one attached hydrogen (secondary N) is 1. The summed E-state index contributed by atoms with van der Waals surface area (Å²) in [5.74, 6) is -0.103. The van der Waals surface area contributed by atoms with Crippen molar-refractivity contribution in [1.82, 2.24) is 20.0 Å². The van der Waals surface area contributed by atoms with Crippen LogP contribution < -0.4 is 21.2 Å². The number of anilines is 2. The van der Waals surface area contributed by atoms with E-state index in [1.807, 2.05) is 18.2 Å². The van der Waals surface area contributed by atoms with E-state index in [-0.39, 0.29) is 18.8 Å². The molecule has 156 valence electrons. The van der Waals surface area contributed by atoms with E-state index in [4.69, 9.17) is 27.2 Å². The highest BCUT2D eigenvalue weighted by Crippen LogP contribution is 2.41. The molecular weight excluding hydrogens is 423 g/mol. The number of hydrogen-bond donors (Lipinski definition) is 2. The SMILES string of the molecule is COc1c(Nc2cc(Cl)nnc2C(N)=O)cccc1-c1cc(P(C)C)n(C2CC2)n1. The number of amides is 1. The van der Waals surface area contributed by atoms with Gasteiger partial charge in [-0.05, 0) is 44.4 Å². The van der Waals surface area contributed by atoms with Crippen LogP contribution in [0.25, 0.3) is 11.3 Å². The molecule has 3 aromatic rings. The van der Waals surface area contributed by atoms with Crippen molar-refractivity contribution in [3.8, 4) is 17.0 Å². The lowest BCUT2D eigenvalue weighted by molar-refractivity contribution is 0.0995. The molecule has 3 N–H and O–H groups in total. The van der Waals surface area contributed by atoms with Crippen LogP contribution in [0.1, 0.15) is 29.4 Å². The third-order valence-corrected chi connectivity index (χ3v) is 6.26. The topological polar surface area (TPSA) is 108 Å². The van der Waals surface area contributed by atoms with Gasteiger partial charge < -0.3 is 15.8 Å². The predicted octanol–water partition coefficient (Wildman–Crippen LogP) is 3.55. The quantitative estimate of drug-likeness (QED) is 0.539. The number of primary amides is 1. The molecule has 0 saturated heterocycles. The average molecular weight is 445 g/mol. The number of para-hydroxylation sites is 1. The molecule has 1 amide bonds. The molecule has 1 aromatic carbocycles. The molecule has 30 heavy (non-hydrogen) atoms. The van der Waals surface area contributed by atoms with Crippen LogP contribution in [-0.4, -0.2) is 46.3 Å². The highest BCUT2D eigenvalue weighted by molar-refractivity contribution is 7.63. The molecule has 8 nitrogen and oxygen atoms in total. The zero-order valence-corrected chi connectivity index (χ0v) is 18.5. The Kier molecular flexibility index (Phi) is 5.62. The van der Waals surface area contributed by atoms with Crippen LogP contribution in [0.2, 0.25) is 5.15 Å². The van der Waals surface area contributed by atoms with Gasteiger partial charge in [0.05, 0.1) is 35.7 Å². The molecule has 0 spiro atoms. The summed E-state index contributed by atoms with van der Waals surface area (Å²) in [5, 5.41) is 15.7. The molecule has 2 heterocycles. The Morgan fingerprint density at radius 2 is 2.03 bits per heavy atom. The Balaban J connectivity index is 1.77. The maximum Gasteiger partial charge on any atom is 0.271 e. The molecule has 0 radical (unpaired) electrons. The highest BCUT2D eigenvalue weighted by Gasteiger charge is 2.29. The van der Waals surface area contributed by atoms with E-state index >= 15 is 0 Å². The van der Waals surface area contributed by atoms with E-state index in [0.29, 0.717) is 23.2 Å². The molecular formula is C20H22ClN6O2P. The summed E-state index contributed by atoms with van der Waals surface area (Å²) in [4.78, 5) is 11.7. The molecule has 0 aliphatic heterocycles. The summed E-state index contributed by atoms with van der Waals surface area (Å²) in [6, 6.07) is 9.85. The maximum atomic E-state index is 11.7. The average Bonchev–Trinajstić information content (AvgIpc) is 3.45. The number of nitrogens with two attached hydrogens (primary N) is 1. The Morgan fingerprint density at radius 3 is 2.67 bits per heavy atom. The van der Waals surface area contributed by atoms with Crippen LogP contribution >= 0.6 is 19.5 Å². The second-order valence-corrected chi connectivity index (χ2v) is 9.90. The second kappa shape index (κ2) is 8.20. The monoisotopic (exact) mass is 444 g/mol. The van der Waals surface area contributed by atoms with Gasteiger partial charge in [-0.1, -0.05) is 25.6 Å². The number of carbonyl (C=O) groups is 1. The predicted molar refractivity (Wildman–Crippen MR) is 120 cm³/mol. The molecule has 0 bridgehead atoms. The largest absolute Gasteiger partial charge is 0.494 e. The lowest BCUT2D eigenvalue weighted by Crippen LogP contribution is -2.16. The van der Waals surface area contributed by atoms with E-state index in [2.05, 4.69) is 39.6 Å². The number of carbonyl (C=O) groups excluding carboxylic acids is 1. The summed E-state index contributed by atoms with van der Waals surface area (Å²) in [5.41, 5.74) is 9.39. The summed E-state index contributed by atoms with van der Waals surface area (Å²) < 4.78 is 7.89. The van der Waals surface area contributed by atoms with Crippen LogP contribution in [0.3, 0.4) is 0 Å².